The van der Waals surface area contributed by atoms with Gasteiger partial charge in [-0.05, 0) is 167 Å². The Morgan fingerprint density at radius 2 is 1.16 bits per heavy atom. The number of allylic oxidation sites excluding steroid dienone is 6. The number of anilines is 6. The largest absolute Gasteiger partial charge is 0.456 e. The van der Waals surface area contributed by atoms with Crippen LogP contribution in [0.15, 0.2) is 172 Å². The molecule has 2 fully saturated rings. The van der Waals surface area contributed by atoms with E-state index in [1.165, 1.54) is 151 Å². The molecule has 7 unspecified atom stereocenters. The van der Waals surface area contributed by atoms with Crippen molar-refractivity contribution >= 4 is 73.8 Å². The van der Waals surface area contributed by atoms with Gasteiger partial charge in [0.2, 0.25) is 6.71 Å². The molecule has 0 N–H and O–H groups in total. The van der Waals surface area contributed by atoms with Crippen molar-refractivity contribution in [1.29, 1.82) is 0 Å². The van der Waals surface area contributed by atoms with Crippen molar-refractivity contribution in [2.24, 2.45) is 11.3 Å². The fourth-order valence-electron chi connectivity index (χ4n) is 20.1. The van der Waals surface area contributed by atoms with Gasteiger partial charge in [0.05, 0.1) is 28.2 Å². The highest BCUT2D eigenvalue weighted by Gasteiger charge is 2.64. The molecule has 0 bridgehead atoms. The van der Waals surface area contributed by atoms with Crippen LogP contribution in [0, 0.1) is 11.3 Å². The number of benzene rings is 6. The van der Waals surface area contributed by atoms with Gasteiger partial charge >= 0.3 is 0 Å². The van der Waals surface area contributed by atoms with Crippen molar-refractivity contribution in [2.45, 2.75) is 212 Å². The summed E-state index contributed by atoms with van der Waals surface area (Å²) in [6.45, 7) is 37.4. The lowest BCUT2D eigenvalue weighted by Gasteiger charge is -2.55. The Bertz CT molecular complexity index is 4380. The van der Waals surface area contributed by atoms with Gasteiger partial charge in [0.1, 0.15) is 11.2 Å². The third-order valence-electron chi connectivity index (χ3n) is 25.1. The van der Waals surface area contributed by atoms with Gasteiger partial charge in [0.15, 0.2) is 0 Å². The van der Waals surface area contributed by atoms with E-state index in [-0.39, 0.29) is 68.1 Å². The van der Waals surface area contributed by atoms with Gasteiger partial charge in [0, 0.05) is 73.1 Å². The average molecular weight is 1150 g/mol. The first kappa shape index (κ1) is 54.3. The van der Waals surface area contributed by atoms with Crippen LogP contribution in [-0.2, 0) is 27.1 Å². The van der Waals surface area contributed by atoms with Crippen molar-refractivity contribution < 1.29 is 4.42 Å². The zero-order chi connectivity index (χ0) is 60.2. The first-order chi connectivity index (χ1) is 41.3. The minimum atomic E-state index is -0.232. The third-order valence-corrected chi connectivity index (χ3v) is 25.1. The van der Waals surface area contributed by atoms with E-state index in [2.05, 4.69) is 263 Å². The van der Waals surface area contributed by atoms with Crippen LogP contribution in [0.1, 0.15) is 195 Å². The number of rotatable bonds is 3. The summed E-state index contributed by atoms with van der Waals surface area (Å²) in [5.41, 5.74) is 28.5. The highest BCUT2D eigenvalue weighted by Crippen LogP contribution is 2.68. The fraction of sp³-hybridized carbons (Fsp3) is 0.432. The van der Waals surface area contributed by atoms with E-state index >= 15 is 0 Å². The molecule has 0 amide bonds. The molecule has 5 aliphatic carbocycles. The molecular weight excluding hydrogens is 1060 g/mol. The molecule has 6 heterocycles. The van der Waals surface area contributed by atoms with Crippen molar-refractivity contribution in [1.82, 2.24) is 0 Å². The Morgan fingerprint density at radius 3 is 1.84 bits per heavy atom. The maximum Gasteiger partial charge on any atom is 0.221 e. The number of hydrogen-bond acceptors (Lipinski definition) is 5. The van der Waals surface area contributed by atoms with Crippen molar-refractivity contribution in [3.63, 3.8) is 0 Å². The van der Waals surface area contributed by atoms with Crippen molar-refractivity contribution in [3.8, 4) is 0 Å². The number of hydrogen-bond donors (Lipinski definition) is 0. The molecule has 5 nitrogen and oxygen atoms in total. The Kier molecular flexibility index (Phi) is 10.8. The Balaban J connectivity index is 0.991. The van der Waals surface area contributed by atoms with Crippen LogP contribution in [0.4, 0.5) is 34.1 Å². The fourth-order valence-corrected chi connectivity index (χ4v) is 20.1. The van der Waals surface area contributed by atoms with E-state index in [0.29, 0.717) is 0 Å². The topological polar surface area (TPSA) is 26.1 Å². The zero-order valence-corrected chi connectivity index (χ0v) is 54.6. The van der Waals surface area contributed by atoms with Crippen LogP contribution in [-0.4, -0.2) is 23.8 Å². The van der Waals surface area contributed by atoms with Crippen LogP contribution in [0.3, 0.4) is 0 Å². The van der Waals surface area contributed by atoms with Gasteiger partial charge in [-0.1, -0.05) is 212 Å². The lowest BCUT2D eigenvalue weighted by molar-refractivity contribution is 0.191. The van der Waals surface area contributed by atoms with Crippen LogP contribution in [0.25, 0.3) is 27.5 Å². The van der Waals surface area contributed by atoms with E-state index in [9.17, 15) is 0 Å². The van der Waals surface area contributed by atoms with E-state index in [4.69, 9.17) is 4.42 Å². The van der Waals surface area contributed by atoms with Gasteiger partial charge in [-0.3, -0.25) is 0 Å². The minimum absolute atomic E-state index is 0.00189. The molecule has 1 aromatic heterocycles. The first-order valence-corrected chi connectivity index (χ1v) is 33.6. The standard InChI is InChI=1S/C81H89BN4O/c1-74(2,3)48-31-35-61-57(42-48)78(12)37-20-22-39-80(78,14)85(61)51-33-34-59-64(45-51)83(63-28-24-30-68-70(63)54-26-17-19-29-67(54)87-68)65-46-52(86-62-36-32-49(75(4,5)6)43-58(62)79(13)38-21-23-40-81(79,86)15)47-66-71(65)82(59)60-44-50(76(7,8)9)41-55-69-53-25-16-18-27-56(53)77(10,11)73(69)84(66)72(55)60/h16-19,24-33,35-36,41-47,55,59,72H,20-23,34,37-40H2,1-15H3. The summed E-state index contributed by atoms with van der Waals surface area (Å²) in [4.78, 5) is 11.6. The van der Waals surface area contributed by atoms with Crippen molar-refractivity contribution in [2.75, 3.05) is 19.6 Å². The highest BCUT2D eigenvalue weighted by atomic mass is 16.3. The molecule has 0 saturated heterocycles. The quantitative estimate of drug-likeness (QED) is 0.164. The molecule has 7 atom stereocenters. The van der Waals surface area contributed by atoms with E-state index in [0.717, 1.165) is 30.4 Å². The average Bonchev–Trinajstić information content (AvgIpc) is 1.52. The highest BCUT2D eigenvalue weighted by molar-refractivity contribution is 6.86. The van der Waals surface area contributed by atoms with Gasteiger partial charge in [-0.25, -0.2) is 0 Å². The summed E-state index contributed by atoms with van der Waals surface area (Å²) in [6.07, 6.45) is 21.5. The second-order valence-electron chi connectivity index (χ2n) is 33.1. The second kappa shape index (κ2) is 17.3. The van der Waals surface area contributed by atoms with Crippen LogP contribution < -0.4 is 25.1 Å². The Hall–Kier alpha value is -6.92. The molecule has 87 heavy (non-hydrogen) atoms. The predicted octanol–water partition coefficient (Wildman–Crippen LogP) is 20.4. The van der Waals surface area contributed by atoms with E-state index in [1.54, 1.807) is 5.47 Å². The zero-order valence-electron chi connectivity index (χ0n) is 54.6. The molecule has 0 radical (unpaired) electrons. The molecule has 2 saturated carbocycles. The summed E-state index contributed by atoms with van der Waals surface area (Å²) in [7, 11) is 0. The Morgan fingerprint density at radius 1 is 0.552 bits per heavy atom. The maximum atomic E-state index is 6.96. The molecule has 0 spiro atoms. The van der Waals surface area contributed by atoms with Gasteiger partial charge in [-0.2, -0.15) is 0 Å². The van der Waals surface area contributed by atoms with Crippen molar-refractivity contribution in [3.05, 3.63) is 201 Å². The van der Waals surface area contributed by atoms with Crippen LogP contribution in [0.5, 0.6) is 0 Å². The summed E-state index contributed by atoms with van der Waals surface area (Å²) >= 11 is 0. The van der Waals surface area contributed by atoms with Crippen LogP contribution in [0.2, 0.25) is 5.82 Å². The van der Waals surface area contributed by atoms with E-state index < -0.39 is 0 Å². The van der Waals surface area contributed by atoms with Gasteiger partial charge < -0.3 is 24.0 Å². The molecule has 5 aliphatic heterocycles. The summed E-state index contributed by atoms with van der Waals surface area (Å²) in [5, 5.41) is 2.35. The number of furan rings is 1. The molecule has 17 rings (SSSR count). The molecular formula is C81H89BN4O. The molecule has 6 aromatic carbocycles. The smallest absolute Gasteiger partial charge is 0.221 e. The second-order valence-corrected chi connectivity index (χ2v) is 33.1. The third kappa shape index (κ3) is 6.84. The lowest BCUT2D eigenvalue weighted by atomic mass is 9.27. The first-order valence-electron chi connectivity index (χ1n) is 33.6. The SMILES string of the molecule is CC(C)(C)C1=CC2C3=C(N4c5cc(N6c7ccc(C(C)(C)C)cc7C7(C)CCCCC67C)cc6c5B(C(=C1)C24)C1CC=C(N2c4ccc(C(C)(C)C)cc4C4(C)CCCCC24C)C=C1N6c1cccc2oc4ccccc4c12)C(C)(C)c1ccccc13. The molecule has 442 valence electrons. The monoisotopic (exact) mass is 1140 g/mol. The van der Waals surface area contributed by atoms with Gasteiger partial charge in [0.25, 0.3) is 0 Å². The Labute approximate surface area is 519 Å². The maximum absolute atomic E-state index is 6.96. The summed E-state index contributed by atoms with van der Waals surface area (Å²) in [5.74, 6) is 0.357. The summed E-state index contributed by atoms with van der Waals surface area (Å²) in [6, 6.07) is 46.0. The molecule has 7 aromatic rings. The van der Waals surface area contributed by atoms with Crippen LogP contribution >= 0.6 is 0 Å². The lowest BCUT2D eigenvalue weighted by Crippen LogP contribution is -2.61. The predicted molar refractivity (Wildman–Crippen MR) is 367 cm³/mol. The summed E-state index contributed by atoms with van der Waals surface area (Å²) < 4.78 is 6.96. The number of nitrogens with zero attached hydrogens (tertiary/aromatic N) is 4. The van der Waals surface area contributed by atoms with E-state index in [1.807, 2.05) is 0 Å². The van der Waals surface area contributed by atoms with Gasteiger partial charge in [-0.15, -0.1) is 0 Å². The molecule has 10 aliphatic rings. The normalized spacial score (nSPS) is 29.0. The number of para-hydroxylation sites is 1. The minimum Gasteiger partial charge on any atom is -0.456 e. The number of fused-ring (bicyclic) bond motifs is 17. The molecule has 6 heteroatoms.